The molecule has 84 valence electrons. The van der Waals surface area contributed by atoms with E-state index in [1.165, 1.54) is 22.7 Å². The second-order valence-corrected chi connectivity index (χ2v) is 6.03. The molecule has 0 fully saturated rings. The first-order valence-corrected chi connectivity index (χ1v) is 7.06. The van der Waals surface area contributed by atoms with Crippen molar-refractivity contribution >= 4 is 40.1 Å². The molecule has 0 aliphatic heterocycles. The molecular formula is C12H11ClOS2. The molecule has 1 unspecified atom stereocenters. The van der Waals surface area contributed by atoms with E-state index >= 15 is 0 Å². The maximum absolute atomic E-state index is 12.1. The van der Waals surface area contributed by atoms with Gasteiger partial charge < -0.3 is 0 Å². The number of hydrogen-bond donors (Lipinski definition) is 0. The molecule has 4 heteroatoms. The van der Waals surface area contributed by atoms with Gasteiger partial charge in [-0.05, 0) is 47.9 Å². The van der Waals surface area contributed by atoms with E-state index in [0.717, 1.165) is 20.9 Å². The lowest BCUT2D eigenvalue weighted by molar-refractivity contribution is 0.0992. The molecule has 0 radical (unpaired) electrons. The molecule has 1 atom stereocenters. The van der Waals surface area contributed by atoms with Gasteiger partial charge in [-0.3, -0.25) is 4.79 Å². The fraction of sp³-hybridized carbons (Fsp3) is 0.250. The van der Waals surface area contributed by atoms with Crippen LogP contribution in [0.25, 0.3) is 0 Å². The zero-order valence-corrected chi connectivity index (χ0v) is 11.4. The number of ketones is 1. The molecule has 2 aromatic rings. The molecule has 0 bridgehead atoms. The van der Waals surface area contributed by atoms with Crippen molar-refractivity contribution in [1.82, 2.24) is 0 Å². The summed E-state index contributed by atoms with van der Waals surface area (Å²) in [6.45, 7) is 3.98. The van der Waals surface area contributed by atoms with Crippen molar-refractivity contribution in [1.29, 1.82) is 0 Å². The van der Waals surface area contributed by atoms with E-state index in [9.17, 15) is 4.79 Å². The molecule has 0 aliphatic carbocycles. The summed E-state index contributed by atoms with van der Waals surface area (Å²) in [6, 6.07) is 3.86. The Morgan fingerprint density at radius 3 is 2.31 bits per heavy atom. The zero-order chi connectivity index (χ0) is 11.7. The second kappa shape index (κ2) is 4.70. The lowest BCUT2D eigenvalue weighted by atomic mass is 10.2. The molecule has 0 saturated carbocycles. The summed E-state index contributed by atoms with van der Waals surface area (Å²) in [4.78, 5) is 13.7. The van der Waals surface area contributed by atoms with Crippen LogP contribution in [0, 0.1) is 13.8 Å². The Kier molecular flexibility index (Phi) is 3.47. The average molecular weight is 271 g/mol. The number of hydrogen-bond acceptors (Lipinski definition) is 3. The van der Waals surface area contributed by atoms with Gasteiger partial charge in [-0.2, -0.15) is 0 Å². The van der Waals surface area contributed by atoms with Crippen molar-refractivity contribution in [3.63, 3.8) is 0 Å². The summed E-state index contributed by atoms with van der Waals surface area (Å²) in [6.07, 6.45) is 0. The lowest BCUT2D eigenvalue weighted by Gasteiger charge is -2.03. The van der Waals surface area contributed by atoms with Gasteiger partial charge in [0.25, 0.3) is 0 Å². The Morgan fingerprint density at radius 2 is 1.81 bits per heavy atom. The van der Waals surface area contributed by atoms with Crippen LogP contribution in [-0.2, 0) is 0 Å². The minimum Gasteiger partial charge on any atom is -0.291 e. The lowest BCUT2D eigenvalue weighted by Crippen LogP contribution is -2.03. The predicted octanol–water partition coefficient (Wildman–Crippen LogP) is 4.59. The van der Waals surface area contributed by atoms with Crippen molar-refractivity contribution < 1.29 is 4.79 Å². The standard InChI is InChI=1S/C12H11ClOS2/c1-7-3-9(15-5-7)11(13)12(14)10-4-8(2)6-16-10/h3-6,11H,1-2H3. The molecule has 0 aliphatic rings. The van der Waals surface area contributed by atoms with E-state index in [0.29, 0.717) is 0 Å². The first-order valence-electron chi connectivity index (χ1n) is 4.86. The highest BCUT2D eigenvalue weighted by Gasteiger charge is 2.21. The summed E-state index contributed by atoms with van der Waals surface area (Å²) in [5.41, 5.74) is 2.26. The number of carbonyl (C=O) groups excluding carboxylic acids is 1. The van der Waals surface area contributed by atoms with E-state index in [-0.39, 0.29) is 5.78 Å². The van der Waals surface area contributed by atoms with Crippen LogP contribution in [0.4, 0.5) is 0 Å². The predicted molar refractivity (Wildman–Crippen MR) is 71.0 cm³/mol. The Morgan fingerprint density at radius 1 is 1.19 bits per heavy atom. The van der Waals surface area contributed by atoms with Gasteiger partial charge in [0.2, 0.25) is 0 Å². The Hall–Kier alpha value is -0.640. The minimum absolute atomic E-state index is 0.00150. The average Bonchev–Trinajstić information content (AvgIpc) is 2.85. The minimum atomic E-state index is -0.545. The van der Waals surface area contributed by atoms with Crippen LogP contribution >= 0.6 is 34.3 Å². The maximum Gasteiger partial charge on any atom is 0.195 e. The first-order chi connectivity index (χ1) is 7.58. The quantitative estimate of drug-likeness (QED) is 0.589. The monoisotopic (exact) mass is 270 g/mol. The van der Waals surface area contributed by atoms with Gasteiger partial charge in [0, 0.05) is 4.88 Å². The van der Waals surface area contributed by atoms with Crippen LogP contribution in [0.3, 0.4) is 0 Å². The van der Waals surface area contributed by atoms with Crippen molar-refractivity contribution in [2.75, 3.05) is 0 Å². The van der Waals surface area contributed by atoms with Gasteiger partial charge in [-0.1, -0.05) is 0 Å². The van der Waals surface area contributed by atoms with Crippen molar-refractivity contribution in [3.05, 3.63) is 43.8 Å². The van der Waals surface area contributed by atoms with E-state index in [1.807, 2.05) is 36.7 Å². The number of thiophene rings is 2. The number of aryl methyl sites for hydroxylation is 2. The van der Waals surface area contributed by atoms with Crippen LogP contribution in [0.2, 0.25) is 0 Å². The second-order valence-electron chi connectivity index (χ2n) is 3.74. The summed E-state index contributed by atoms with van der Waals surface area (Å²) >= 11 is 9.18. The van der Waals surface area contributed by atoms with E-state index in [1.54, 1.807) is 0 Å². The molecule has 0 N–H and O–H groups in total. The number of carbonyl (C=O) groups is 1. The summed E-state index contributed by atoms with van der Waals surface area (Å²) < 4.78 is 0. The summed E-state index contributed by atoms with van der Waals surface area (Å²) in [5, 5.41) is 3.44. The molecule has 2 aromatic heterocycles. The first kappa shape index (κ1) is 11.8. The van der Waals surface area contributed by atoms with Crippen LogP contribution in [-0.4, -0.2) is 5.78 Å². The normalized spacial score (nSPS) is 12.7. The van der Waals surface area contributed by atoms with Crippen molar-refractivity contribution in [2.24, 2.45) is 0 Å². The van der Waals surface area contributed by atoms with Crippen LogP contribution in [0.5, 0.6) is 0 Å². The summed E-state index contributed by atoms with van der Waals surface area (Å²) in [5.74, 6) is 0.00150. The SMILES string of the molecule is Cc1csc(C(=O)C(Cl)c2cc(C)cs2)c1. The molecule has 16 heavy (non-hydrogen) atoms. The highest BCUT2D eigenvalue weighted by Crippen LogP contribution is 2.31. The van der Waals surface area contributed by atoms with Crippen LogP contribution < -0.4 is 0 Å². The zero-order valence-electron chi connectivity index (χ0n) is 8.99. The topological polar surface area (TPSA) is 17.1 Å². The molecule has 1 nitrogen and oxygen atoms in total. The molecular weight excluding hydrogens is 260 g/mol. The third-order valence-electron chi connectivity index (χ3n) is 2.20. The molecule has 2 rings (SSSR count). The van der Waals surface area contributed by atoms with Gasteiger partial charge >= 0.3 is 0 Å². The van der Waals surface area contributed by atoms with E-state index in [4.69, 9.17) is 11.6 Å². The van der Waals surface area contributed by atoms with Crippen molar-refractivity contribution in [2.45, 2.75) is 19.2 Å². The van der Waals surface area contributed by atoms with Gasteiger partial charge in [-0.15, -0.1) is 34.3 Å². The molecule has 0 aromatic carbocycles. The molecule has 2 heterocycles. The molecule has 0 saturated heterocycles. The van der Waals surface area contributed by atoms with E-state index in [2.05, 4.69) is 0 Å². The Labute approximate surface area is 108 Å². The summed E-state index contributed by atoms with van der Waals surface area (Å²) in [7, 11) is 0. The van der Waals surface area contributed by atoms with Gasteiger partial charge in [-0.25, -0.2) is 0 Å². The fourth-order valence-corrected chi connectivity index (χ4v) is 3.54. The largest absolute Gasteiger partial charge is 0.291 e. The van der Waals surface area contributed by atoms with Gasteiger partial charge in [0.15, 0.2) is 5.78 Å². The number of Topliss-reactive ketones (excluding diaryl/α,β-unsaturated/α-hetero) is 1. The third-order valence-corrected chi connectivity index (χ3v) is 4.94. The van der Waals surface area contributed by atoms with Crippen LogP contribution in [0.15, 0.2) is 22.9 Å². The number of alkyl halides is 1. The smallest absolute Gasteiger partial charge is 0.195 e. The number of rotatable bonds is 3. The maximum atomic E-state index is 12.1. The molecule has 0 amide bonds. The van der Waals surface area contributed by atoms with Crippen molar-refractivity contribution in [3.8, 4) is 0 Å². The van der Waals surface area contributed by atoms with E-state index < -0.39 is 5.38 Å². The third kappa shape index (κ3) is 2.37. The highest BCUT2D eigenvalue weighted by molar-refractivity contribution is 7.13. The van der Waals surface area contributed by atoms with Gasteiger partial charge in [0.05, 0.1) is 4.88 Å². The Bertz CT molecular complexity index is 513. The number of halogens is 1. The fourth-order valence-electron chi connectivity index (χ4n) is 1.40. The molecule has 0 spiro atoms. The Balaban J connectivity index is 2.22. The van der Waals surface area contributed by atoms with Gasteiger partial charge in [0.1, 0.15) is 5.38 Å². The van der Waals surface area contributed by atoms with Crippen LogP contribution in [0.1, 0.15) is 31.1 Å². The highest BCUT2D eigenvalue weighted by atomic mass is 35.5.